The molecule has 2 heterocycles. The third-order valence-electron chi connectivity index (χ3n) is 7.82. The topological polar surface area (TPSA) is 112 Å². The van der Waals surface area contributed by atoms with E-state index in [-0.39, 0.29) is 42.6 Å². The standard InChI is InChI=1S/C34H31ClN4O6/c35-26-13-11-25(12-14-26)32(41)36-30-16-15-27(18-31(30)40)37-19-28-17-29(20-37)39(34(43)45-22-24-9-5-2-6-10-24)38(28)33(42)44-21-23-7-3-1-4-8-23/h1-16,18,28-29,40H,17,19-22H2,(H,36,41)/t28-,29+. The summed E-state index contributed by atoms with van der Waals surface area (Å²) in [6.45, 7) is 0.882. The summed E-state index contributed by atoms with van der Waals surface area (Å²) in [6.07, 6.45) is -0.751. The minimum Gasteiger partial charge on any atom is -0.506 e. The van der Waals surface area contributed by atoms with E-state index in [1.807, 2.05) is 65.6 Å². The van der Waals surface area contributed by atoms with Crippen LogP contribution in [0.1, 0.15) is 27.9 Å². The molecule has 2 atom stereocenters. The maximum atomic E-state index is 13.5. The molecular weight excluding hydrogens is 596 g/mol. The number of amides is 3. The smallest absolute Gasteiger partial charge is 0.429 e. The van der Waals surface area contributed by atoms with Gasteiger partial charge in [-0.05, 0) is 53.9 Å². The number of anilines is 2. The Morgan fingerprint density at radius 2 is 1.29 bits per heavy atom. The molecule has 0 unspecified atom stereocenters. The fraction of sp³-hybridized carbons (Fsp3) is 0.206. The molecule has 45 heavy (non-hydrogen) atoms. The molecule has 0 saturated carbocycles. The highest BCUT2D eigenvalue weighted by molar-refractivity contribution is 6.30. The lowest BCUT2D eigenvalue weighted by Crippen LogP contribution is -2.50. The number of hydrogen-bond donors (Lipinski definition) is 2. The molecule has 11 heteroatoms. The minimum atomic E-state index is -0.645. The number of piperidine rings is 1. The van der Waals surface area contributed by atoms with Crippen LogP contribution in [0.25, 0.3) is 0 Å². The fourth-order valence-electron chi connectivity index (χ4n) is 5.63. The maximum Gasteiger partial charge on any atom is 0.429 e. The number of halogens is 1. The molecule has 2 bridgehead atoms. The molecule has 4 aromatic rings. The highest BCUT2D eigenvalue weighted by Gasteiger charge is 2.50. The van der Waals surface area contributed by atoms with Gasteiger partial charge in [-0.2, -0.15) is 0 Å². The number of phenols is 1. The predicted molar refractivity (Wildman–Crippen MR) is 169 cm³/mol. The molecule has 0 aromatic heterocycles. The summed E-state index contributed by atoms with van der Waals surface area (Å²) < 4.78 is 11.3. The maximum absolute atomic E-state index is 13.5. The summed E-state index contributed by atoms with van der Waals surface area (Å²) >= 11 is 5.92. The van der Waals surface area contributed by atoms with Gasteiger partial charge in [0.05, 0.1) is 17.8 Å². The van der Waals surface area contributed by atoms with Crippen molar-refractivity contribution in [3.63, 3.8) is 0 Å². The van der Waals surface area contributed by atoms with E-state index in [4.69, 9.17) is 21.1 Å². The zero-order valence-corrected chi connectivity index (χ0v) is 25.0. The Balaban J connectivity index is 1.18. The van der Waals surface area contributed by atoms with Crippen molar-refractivity contribution in [3.05, 3.63) is 125 Å². The van der Waals surface area contributed by atoms with Crippen LogP contribution >= 0.6 is 11.6 Å². The molecular formula is C34H31ClN4O6. The number of aromatic hydroxyl groups is 1. The van der Waals surface area contributed by atoms with E-state index < -0.39 is 12.2 Å². The van der Waals surface area contributed by atoms with Gasteiger partial charge in [0.1, 0.15) is 19.0 Å². The second-order valence-corrected chi connectivity index (χ2v) is 11.3. The monoisotopic (exact) mass is 626 g/mol. The predicted octanol–water partition coefficient (Wildman–Crippen LogP) is 6.45. The summed E-state index contributed by atoms with van der Waals surface area (Å²) in [7, 11) is 0. The Morgan fingerprint density at radius 1 is 0.756 bits per heavy atom. The average molecular weight is 627 g/mol. The quantitative estimate of drug-likeness (QED) is 0.227. The lowest BCUT2D eigenvalue weighted by atomic mass is 10.0. The Hall–Kier alpha value is -5.22. The van der Waals surface area contributed by atoms with Gasteiger partial charge in [-0.15, -0.1) is 0 Å². The zero-order valence-electron chi connectivity index (χ0n) is 24.2. The van der Waals surface area contributed by atoms with Crippen LogP contribution in [0.3, 0.4) is 0 Å². The number of phenolic OH excluding ortho intramolecular Hbond substituents is 1. The first-order valence-electron chi connectivity index (χ1n) is 14.5. The molecule has 2 aliphatic rings. The molecule has 2 saturated heterocycles. The Morgan fingerprint density at radius 3 is 1.80 bits per heavy atom. The molecule has 6 rings (SSSR count). The Labute approximate surface area is 265 Å². The SMILES string of the molecule is O=C(Nc1ccc(N2C[C@H]3C[C@@H](C2)N(C(=O)OCc2ccccc2)N3C(=O)OCc2ccccc2)cc1O)c1ccc(Cl)cc1. The van der Waals surface area contributed by atoms with Crippen molar-refractivity contribution in [2.75, 3.05) is 23.3 Å². The van der Waals surface area contributed by atoms with Crippen LogP contribution in [0.2, 0.25) is 5.02 Å². The molecule has 4 aromatic carbocycles. The third kappa shape index (κ3) is 6.81. The van der Waals surface area contributed by atoms with E-state index in [1.54, 1.807) is 42.5 Å². The zero-order chi connectivity index (χ0) is 31.3. The van der Waals surface area contributed by atoms with Crippen molar-refractivity contribution in [2.24, 2.45) is 0 Å². The van der Waals surface area contributed by atoms with Crippen molar-refractivity contribution in [3.8, 4) is 5.75 Å². The molecule has 2 fully saturated rings. The van der Waals surface area contributed by atoms with Crippen molar-refractivity contribution in [1.82, 2.24) is 10.0 Å². The van der Waals surface area contributed by atoms with Gasteiger partial charge in [0.15, 0.2) is 0 Å². The lowest BCUT2D eigenvalue weighted by molar-refractivity contribution is -0.0199. The summed E-state index contributed by atoms with van der Waals surface area (Å²) in [4.78, 5) is 41.6. The molecule has 0 radical (unpaired) electrons. The molecule has 0 spiro atoms. The number of hydrogen-bond acceptors (Lipinski definition) is 7. The van der Waals surface area contributed by atoms with Crippen LogP contribution in [-0.4, -0.2) is 58.4 Å². The number of benzene rings is 4. The van der Waals surface area contributed by atoms with Crippen LogP contribution in [0.15, 0.2) is 103 Å². The van der Waals surface area contributed by atoms with E-state index in [9.17, 15) is 19.5 Å². The molecule has 0 aliphatic carbocycles. The van der Waals surface area contributed by atoms with Crippen LogP contribution < -0.4 is 10.2 Å². The first-order chi connectivity index (χ1) is 21.9. The van der Waals surface area contributed by atoms with Crippen LogP contribution in [0, 0.1) is 0 Å². The summed E-state index contributed by atoms with van der Waals surface area (Å²) in [5.41, 5.74) is 2.96. The second-order valence-electron chi connectivity index (χ2n) is 10.9. The first kappa shape index (κ1) is 29.8. The molecule has 2 N–H and O–H groups in total. The summed E-state index contributed by atoms with van der Waals surface area (Å²) in [5.74, 6) is -0.508. The van der Waals surface area contributed by atoms with Gasteiger partial charge in [-0.3, -0.25) is 4.79 Å². The van der Waals surface area contributed by atoms with E-state index >= 15 is 0 Å². The largest absolute Gasteiger partial charge is 0.506 e. The number of nitrogens with one attached hydrogen (secondary N) is 1. The number of carbonyl (C=O) groups is 3. The van der Waals surface area contributed by atoms with E-state index in [1.165, 1.54) is 10.0 Å². The number of ether oxygens (including phenoxy) is 2. The summed E-state index contributed by atoms with van der Waals surface area (Å²) in [6, 6.07) is 29.2. The fourth-order valence-corrected chi connectivity index (χ4v) is 5.75. The van der Waals surface area contributed by atoms with Gasteiger partial charge in [0, 0.05) is 35.4 Å². The van der Waals surface area contributed by atoms with Gasteiger partial charge < -0.3 is 24.8 Å². The van der Waals surface area contributed by atoms with Crippen molar-refractivity contribution >= 4 is 41.1 Å². The molecule has 10 nitrogen and oxygen atoms in total. The van der Waals surface area contributed by atoms with Gasteiger partial charge in [-0.1, -0.05) is 72.3 Å². The lowest BCUT2D eigenvalue weighted by Gasteiger charge is -2.32. The van der Waals surface area contributed by atoms with Gasteiger partial charge >= 0.3 is 12.2 Å². The average Bonchev–Trinajstić information content (AvgIpc) is 3.33. The Kier molecular flexibility index (Phi) is 8.74. The van der Waals surface area contributed by atoms with Gasteiger partial charge in [-0.25, -0.2) is 19.6 Å². The molecule has 2 aliphatic heterocycles. The van der Waals surface area contributed by atoms with Gasteiger partial charge in [0.2, 0.25) is 0 Å². The molecule has 230 valence electrons. The number of hydrazine groups is 1. The van der Waals surface area contributed by atoms with Crippen LogP contribution in [0.4, 0.5) is 21.0 Å². The molecule has 3 amide bonds. The van der Waals surface area contributed by atoms with E-state index in [0.717, 1.165) is 11.1 Å². The highest BCUT2D eigenvalue weighted by Crippen LogP contribution is 2.37. The highest BCUT2D eigenvalue weighted by atomic mass is 35.5. The first-order valence-corrected chi connectivity index (χ1v) is 14.9. The third-order valence-corrected chi connectivity index (χ3v) is 8.07. The summed E-state index contributed by atoms with van der Waals surface area (Å²) in [5, 5.41) is 16.8. The van der Waals surface area contributed by atoms with Crippen LogP contribution in [-0.2, 0) is 22.7 Å². The number of carbonyl (C=O) groups excluding carboxylic acids is 3. The van der Waals surface area contributed by atoms with E-state index in [0.29, 0.717) is 35.8 Å². The van der Waals surface area contributed by atoms with Gasteiger partial charge in [0.25, 0.3) is 5.91 Å². The van der Waals surface area contributed by atoms with E-state index in [2.05, 4.69) is 5.32 Å². The van der Waals surface area contributed by atoms with Crippen LogP contribution in [0.5, 0.6) is 5.75 Å². The van der Waals surface area contributed by atoms with Crippen molar-refractivity contribution in [2.45, 2.75) is 31.7 Å². The normalized spacial score (nSPS) is 17.1. The minimum absolute atomic E-state index is 0.0568. The van der Waals surface area contributed by atoms with Crippen molar-refractivity contribution in [1.29, 1.82) is 0 Å². The van der Waals surface area contributed by atoms with Crippen molar-refractivity contribution < 1.29 is 29.0 Å². The number of fused-ring (bicyclic) bond motifs is 2. The second kappa shape index (κ2) is 13.2. The Bertz CT molecular complexity index is 1600. The number of rotatable bonds is 7. The number of nitrogens with zero attached hydrogens (tertiary/aromatic N) is 3.